The lowest BCUT2D eigenvalue weighted by molar-refractivity contribution is -0.383. The monoisotopic (exact) mass is 442 g/mol. The zero-order chi connectivity index (χ0) is 22.8. The maximum Gasteiger partial charge on any atom is 0.292 e. The summed E-state index contributed by atoms with van der Waals surface area (Å²) < 4.78 is 23.1. The van der Waals surface area contributed by atoms with Gasteiger partial charge in [-0.15, -0.1) is 0 Å². The molecule has 0 spiro atoms. The molecular weight excluding hydrogens is 420 g/mol. The third-order valence-electron chi connectivity index (χ3n) is 4.68. The van der Waals surface area contributed by atoms with E-state index in [0.717, 1.165) is 11.8 Å². The van der Waals surface area contributed by atoms with Gasteiger partial charge in [0.15, 0.2) is 9.84 Å². The Balaban J connectivity index is 1.91. The van der Waals surface area contributed by atoms with E-state index < -0.39 is 14.8 Å². The Bertz CT molecular complexity index is 1240. The predicted molar refractivity (Wildman–Crippen MR) is 119 cm³/mol. The molecule has 0 saturated carbocycles. The van der Waals surface area contributed by atoms with Gasteiger partial charge in [0.1, 0.15) is 11.5 Å². The number of sulfone groups is 1. The van der Waals surface area contributed by atoms with Crippen LogP contribution in [0.1, 0.15) is 18.2 Å². The van der Waals surface area contributed by atoms with E-state index in [2.05, 4.69) is 15.3 Å². The lowest BCUT2D eigenvalue weighted by atomic mass is 10.0. The topological polar surface area (TPSA) is 167 Å². The predicted octanol–water partition coefficient (Wildman–Crippen LogP) is 2.79. The zero-order valence-corrected chi connectivity index (χ0v) is 17.8. The van der Waals surface area contributed by atoms with Crippen LogP contribution in [0.5, 0.6) is 0 Å². The number of nitro benzene ring substituents is 1. The summed E-state index contributed by atoms with van der Waals surface area (Å²) in [7, 11) is -3.29. The molecule has 0 amide bonds. The Morgan fingerprint density at radius 2 is 1.77 bits per heavy atom. The fourth-order valence-electron chi connectivity index (χ4n) is 3.16. The van der Waals surface area contributed by atoms with Crippen molar-refractivity contribution in [2.75, 3.05) is 23.0 Å². The number of nitrogens with zero attached hydrogens (tertiary/aromatic N) is 3. The Labute approximate surface area is 179 Å². The highest BCUT2D eigenvalue weighted by atomic mass is 32.2. The van der Waals surface area contributed by atoms with E-state index in [1.54, 1.807) is 24.3 Å². The van der Waals surface area contributed by atoms with Crippen molar-refractivity contribution in [3.05, 3.63) is 63.8 Å². The molecule has 0 atom stereocenters. The number of rotatable bonds is 7. The van der Waals surface area contributed by atoms with Gasteiger partial charge in [-0.3, -0.25) is 10.1 Å². The normalized spacial score (nSPS) is 11.3. The second-order valence-electron chi connectivity index (χ2n) is 6.90. The van der Waals surface area contributed by atoms with E-state index in [1.165, 1.54) is 18.2 Å². The number of hydrogen-bond acceptors (Lipinski definition) is 9. The summed E-state index contributed by atoms with van der Waals surface area (Å²) in [6.07, 6.45) is 1.66. The number of nitrogens with one attached hydrogen (secondary N) is 1. The smallest absolute Gasteiger partial charge is 0.292 e. The van der Waals surface area contributed by atoms with Crippen LogP contribution in [0.4, 0.5) is 23.1 Å². The SMILES string of the molecule is CCc1nc(N)nc(N)c1-c1ccc(NCc2ccc(S(C)(=O)=O)cc2)c([N+](=O)[O-])c1. The number of aryl methyl sites for hydroxylation is 1. The van der Waals surface area contributed by atoms with Crippen molar-refractivity contribution >= 4 is 33.0 Å². The van der Waals surface area contributed by atoms with Crippen LogP contribution < -0.4 is 16.8 Å². The van der Waals surface area contributed by atoms with E-state index in [4.69, 9.17) is 11.5 Å². The van der Waals surface area contributed by atoms with Gasteiger partial charge < -0.3 is 16.8 Å². The molecule has 162 valence electrons. The first-order chi connectivity index (χ1) is 14.6. The molecule has 0 bridgehead atoms. The van der Waals surface area contributed by atoms with Crippen LogP contribution in [0.3, 0.4) is 0 Å². The second-order valence-corrected chi connectivity index (χ2v) is 8.92. The van der Waals surface area contributed by atoms with Crippen LogP contribution in [-0.4, -0.2) is 29.6 Å². The van der Waals surface area contributed by atoms with E-state index in [0.29, 0.717) is 28.9 Å². The van der Waals surface area contributed by atoms with Crippen LogP contribution in [0.15, 0.2) is 47.4 Å². The third kappa shape index (κ3) is 4.89. The van der Waals surface area contributed by atoms with Crippen LogP contribution in [0, 0.1) is 10.1 Å². The molecule has 0 radical (unpaired) electrons. The lowest BCUT2D eigenvalue weighted by Gasteiger charge is -2.13. The molecule has 0 fully saturated rings. The van der Waals surface area contributed by atoms with Gasteiger partial charge >= 0.3 is 0 Å². The number of nitro groups is 1. The second kappa shape index (κ2) is 8.56. The fraction of sp³-hybridized carbons (Fsp3) is 0.200. The number of hydrogen-bond donors (Lipinski definition) is 3. The van der Waals surface area contributed by atoms with Gasteiger partial charge in [-0.25, -0.2) is 13.4 Å². The molecular formula is C20H22N6O4S. The van der Waals surface area contributed by atoms with Crippen molar-refractivity contribution in [2.45, 2.75) is 24.8 Å². The Morgan fingerprint density at radius 1 is 1.10 bits per heavy atom. The number of nitrogen functional groups attached to an aromatic ring is 2. The van der Waals surface area contributed by atoms with Crippen molar-refractivity contribution in [3.8, 4) is 11.1 Å². The number of anilines is 3. The first kappa shape index (κ1) is 22.0. The van der Waals surface area contributed by atoms with Crippen molar-refractivity contribution in [1.29, 1.82) is 0 Å². The molecule has 0 saturated heterocycles. The summed E-state index contributed by atoms with van der Waals surface area (Å²) in [6.45, 7) is 2.15. The van der Waals surface area contributed by atoms with Gasteiger partial charge in [0.05, 0.1) is 15.5 Å². The van der Waals surface area contributed by atoms with Crippen molar-refractivity contribution < 1.29 is 13.3 Å². The molecule has 0 aliphatic rings. The van der Waals surface area contributed by atoms with E-state index in [9.17, 15) is 18.5 Å². The van der Waals surface area contributed by atoms with Gasteiger partial charge in [-0.2, -0.15) is 4.98 Å². The average molecular weight is 443 g/mol. The Morgan fingerprint density at radius 3 is 2.35 bits per heavy atom. The summed E-state index contributed by atoms with van der Waals surface area (Å²) in [4.78, 5) is 19.6. The van der Waals surface area contributed by atoms with Crippen LogP contribution in [0.25, 0.3) is 11.1 Å². The molecule has 3 rings (SSSR count). The largest absolute Gasteiger partial charge is 0.383 e. The van der Waals surface area contributed by atoms with Gasteiger partial charge in [0.2, 0.25) is 5.95 Å². The number of aromatic nitrogens is 2. The minimum Gasteiger partial charge on any atom is -0.383 e. The first-order valence-corrected chi connectivity index (χ1v) is 11.2. The molecule has 10 nitrogen and oxygen atoms in total. The van der Waals surface area contributed by atoms with Crippen molar-refractivity contribution in [3.63, 3.8) is 0 Å². The zero-order valence-electron chi connectivity index (χ0n) is 17.0. The highest BCUT2D eigenvalue weighted by Gasteiger charge is 2.19. The minimum atomic E-state index is -3.29. The van der Waals surface area contributed by atoms with Gasteiger partial charge in [0, 0.05) is 24.4 Å². The van der Waals surface area contributed by atoms with Crippen LogP contribution in [-0.2, 0) is 22.8 Å². The van der Waals surface area contributed by atoms with Gasteiger partial charge in [0.25, 0.3) is 5.69 Å². The summed E-state index contributed by atoms with van der Waals surface area (Å²) >= 11 is 0. The van der Waals surface area contributed by atoms with E-state index >= 15 is 0 Å². The van der Waals surface area contributed by atoms with Gasteiger partial charge in [-0.1, -0.05) is 25.1 Å². The molecule has 1 heterocycles. The average Bonchev–Trinajstić information content (AvgIpc) is 2.71. The lowest BCUT2D eigenvalue weighted by Crippen LogP contribution is -2.07. The fourth-order valence-corrected chi connectivity index (χ4v) is 3.79. The molecule has 31 heavy (non-hydrogen) atoms. The Kier molecular flexibility index (Phi) is 6.07. The molecule has 2 aromatic carbocycles. The molecule has 0 unspecified atom stereocenters. The number of nitrogens with two attached hydrogens (primary N) is 2. The van der Waals surface area contributed by atoms with Crippen LogP contribution >= 0.6 is 0 Å². The highest BCUT2D eigenvalue weighted by Crippen LogP contribution is 2.35. The molecule has 5 N–H and O–H groups in total. The molecule has 0 aliphatic heterocycles. The molecule has 11 heteroatoms. The van der Waals surface area contributed by atoms with Crippen molar-refractivity contribution in [2.24, 2.45) is 0 Å². The summed E-state index contributed by atoms with van der Waals surface area (Å²) in [5.74, 6) is 0.207. The maximum absolute atomic E-state index is 11.7. The Hall–Kier alpha value is -3.73. The quantitative estimate of drug-likeness (QED) is 0.368. The number of benzene rings is 2. The van der Waals surface area contributed by atoms with E-state index in [1.807, 2.05) is 6.92 Å². The standard InChI is InChI=1S/C20H22N6O4S/c1-3-15-18(19(21)25-20(22)24-15)13-6-9-16(17(10-13)26(27)28)23-11-12-4-7-14(8-5-12)31(2,29)30/h4-10,23H,3,11H2,1-2H3,(H4,21,22,24,25). The van der Waals surface area contributed by atoms with Gasteiger partial charge in [-0.05, 0) is 35.7 Å². The molecule has 0 aliphatic carbocycles. The summed E-state index contributed by atoms with van der Waals surface area (Å²) in [5, 5.41) is 14.7. The summed E-state index contributed by atoms with van der Waals surface area (Å²) in [5.41, 5.74) is 14.3. The highest BCUT2D eigenvalue weighted by molar-refractivity contribution is 7.90. The first-order valence-electron chi connectivity index (χ1n) is 9.33. The van der Waals surface area contributed by atoms with Crippen LogP contribution in [0.2, 0.25) is 0 Å². The third-order valence-corrected chi connectivity index (χ3v) is 5.81. The molecule has 1 aromatic heterocycles. The molecule has 3 aromatic rings. The summed E-state index contributed by atoms with van der Waals surface area (Å²) in [6, 6.07) is 11.0. The minimum absolute atomic E-state index is 0.0489. The maximum atomic E-state index is 11.7. The van der Waals surface area contributed by atoms with E-state index in [-0.39, 0.29) is 28.9 Å². The van der Waals surface area contributed by atoms with Crippen molar-refractivity contribution in [1.82, 2.24) is 9.97 Å².